The van der Waals surface area contributed by atoms with Crippen LogP contribution in [0.15, 0.2) is 30.3 Å². The van der Waals surface area contributed by atoms with Crippen molar-refractivity contribution in [3.63, 3.8) is 0 Å². The maximum atomic E-state index is 11.2. The van der Waals surface area contributed by atoms with Gasteiger partial charge in [-0.15, -0.1) is 0 Å². The normalized spacial score (nSPS) is 17.2. The molecule has 0 amide bonds. The smallest absolute Gasteiger partial charge is 0.309 e. The van der Waals surface area contributed by atoms with Gasteiger partial charge in [-0.1, -0.05) is 51.1 Å². The van der Waals surface area contributed by atoms with Crippen molar-refractivity contribution >= 4 is 5.97 Å². The Morgan fingerprint density at radius 1 is 1.18 bits per heavy atom. The Labute approximate surface area is 102 Å². The van der Waals surface area contributed by atoms with E-state index in [9.17, 15) is 15.0 Å². The van der Waals surface area contributed by atoms with Gasteiger partial charge in [-0.25, -0.2) is 0 Å². The number of hydrogen-bond donors (Lipinski definition) is 2. The maximum Gasteiger partial charge on any atom is 0.309 e. The molecule has 0 bridgehead atoms. The number of aliphatic hydroxyl groups is 1. The van der Waals surface area contributed by atoms with Gasteiger partial charge in [-0.3, -0.25) is 4.79 Å². The first kappa shape index (κ1) is 13.7. The van der Waals surface area contributed by atoms with Crippen LogP contribution in [0.25, 0.3) is 0 Å². The minimum absolute atomic E-state index is 0.563. The second kappa shape index (κ2) is 4.49. The van der Waals surface area contributed by atoms with Crippen LogP contribution in [0.3, 0.4) is 0 Å². The van der Waals surface area contributed by atoms with Gasteiger partial charge in [0.05, 0.1) is 5.92 Å². The number of benzene rings is 1. The summed E-state index contributed by atoms with van der Waals surface area (Å²) in [6.45, 7) is 7.08. The van der Waals surface area contributed by atoms with Crippen molar-refractivity contribution in [2.75, 3.05) is 0 Å². The number of hydrogen-bond acceptors (Lipinski definition) is 2. The predicted molar refractivity (Wildman–Crippen MR) is 66.6 cm³/mol. The van der Waals surface area contributed by atoms with Crippen molar-refractivity contribution in [3.05, 3.63) is 35.9 Å². The molecular formula is C14H20O3. The molecule has 0 unspecified atom stereocenters. The Hall–Kier alpha value is -1.35. The molecule has 0 saturated carbocycles. The lowest BCUT2D eigenvalue weighted by Crippen LogP contribution is -2.48. The standard InChI is InChI=1S/C14H20O3/c1-10(12(15)16)14(17,13(2,3)4)11-8-6-5-7-9-11/h5-10,17H,1-4H3,(H,15,16)/t10-,14+/m1/s1. The van der Waals surface area contributed by atoms with Crippen molar-refractivity contribution in [1.82, 2.24) is 0 Å². The average Bonchev–Trinajstić information content (AvgIpc) is 2.26. The van der Waals surface area contributed by atoms with E-state index in [4.69, 9.17) is 0 Å². The monoisotopic (exact) mass is 236 g/mol. The van der Waals surface area contributed by atoms with Crippen LogP contribution >= 0.6 is 0 Å². The molecule has 0 heterocycles. The van der Waals surface area contributed by atoms with E-state index in [0.717, 1.165) is 0 Å². The van der Waals surface area contributed by atoms with E-state index >= 15 is 0 Å². The molecule has 17 heavy (non-hydrogen) atoms. The Morgan fingerprint density at radius 3 is 2.00 bits per heavy atom. The maximum absolute atomic E-state index is 11.2. The van der Waals surface area contributed by atoms with Crippen molar-refractivity contribution in [2.45, 2.75) is 33.3 Å². The first-order chi connectivity index (χ1) is 7.71. The molecular weight excluding hydrogens is 216 g/mol. The molecule has 0 aliphatic heterocycles. The Balaban J connectivity index is 3.36. The zero-order chi connectivity index (χ0) is 13.3. The highest BCUT2D eigenvalue weighted by Gasteiger charge is 2.48. The highest BCUT2D eigenvalue weighted by atomic mass is 16.4. The molecule has 1 rings (SSSR count). The molecule has 94 valence electrons. The minimum atomic E-state index is -1.39. The number of carboxylic acid groups (broad SMARTS) is 1. The van der Waals surface area contributed by atoms with Crippen LogP contribution in [0.5, 0.6) is 0 Å². The van der Waals surface area contributed by atoms with Gasteiger partial charge in [0.15, 0.2) is 0 Å². The van der Waals surface area contributed by atoms with Crippen molar-refractivity contribution in [1.29, 1.82) is 0 Å². The lowest BCUT2D eigenvalue weighted by Gasteiger charge is -2.43. The highest BCUT2D eigenvalue weighted by molar-refractivity contribution is 5.71. The summed E-state index contributed by atoms with van der Waals surface area (Å²) in [6.07, 6.45) is 0. The summed E-state index contributed by atoms with van der Waals surface area (Å²) in [5.74, 6) is -1.86. The number of carboxylic acids is 1. The Bertz CT molecular complexity index is 392. The summed E-state index contributed by atoms with van der Waals surface area (Å²) in [4.78, 5) is 11.2. The molecule has 0 saturated heterocycles. The molecule has 0 radical (unpaired) electrons. The molecule has 0 aromatic heterocycles. The SMILES string of the molecule is C[C@H](C(=O)O)[C@](O)(c1ccccc1)C(C)(C)C. The summed E-state index contributed by atoms with van der Waals surface area (Å²) in [5, 5.41) is 20.1. The molecule has 3 heteroatoms. The van der Waals surface area contributed by atoms with Crippen LogP contribution in [0.2, 0.25) is 0 Å². The van der Waals surface area contributed by atoms with Gasteiger partial charge in [-0.2, -0.15) is 0 Å². The van der Waals surface area contributed by atoms with E-state index in [0.29, 0.717) is 5.56 Å². The van der Waals surface area contributed by atoms with Gasteiger partial charge in [0.25, 0.3) is 0 Å². The lowest BCUT2D eigenvalue weighted by molar-refractivity contribution is -0.164. The van der Waals surface area contributed by atoms with E-state index in [1.165, 1.54) is 0 Å². The lowest BCUT2D eigenvalue weighted by atomic mass is 9.66. The predicted octanol–water partition coefficient (Wildman–Crippen LogP) is 2.64. The van der Waals surface area contributed by atoms with E-state index in [1.54, 1.807) is 31.2 Å². The largest absolute Gasteiger partial charge is 0.481 e. The second-order valence-corrected chi connectivity index (χ2v) is 5.44. The van der Waals surface area contributed by atoms with E-state index in [2.05, 4.69) is 0 Å². The van der Waals surface area contributed by atoms with Crippen molar-refractivity contribution < 1.29 is 15.0 Å². The highest BCUT2D eigenvalue weighted by Crippen LogP contribution is 2.44. The fourth-order valence-corrected chi connectivity index (χ4v) is 2.20. The number of carbonyl (C=O) groups is 1. The van der Waals surface area contributed by atoms with Crippen LogP contribution in [-0.4, -0.2) is 16.2 Å². The van der Waals surface area contributed by atoms with Gasteiger partial charge in [-0.05, 0) is 17.9 Å². The molecule has 0 aliphatic rings. The van der Waals surface area contributed by atoms with Gasteiger partial charge in [0.1, 0.15) is 5.60 Å². The van der Waals surface area contributed by atoms with Crippen LogP contribution < -0.4 is 0 Å². The molecule has 2 atom stereocenters. The van der Waals surface area contributed by atoms with Gasteiger partial charge >= 0.3 is 5.97 Å². The molecule has 1 aromatic rings. The third-order valence-electron chi connectivity index (χ3n) is 3.35. The average molecular weight is 236 g/mol. The molecule has 0 spiro atoms. The van der Waals surface area contributed by atoms with E-state index < -0.39 is 22.9 Å². The van der Waals surface area contributed by atoms with Crippen molar-refractivity contribution in [3.8, 4) is 0 Å². The molecule has 0 fully saturated rings. The third-order valence-corrected chi connectivity index (χ3v) is 3.35. The van der Waals surface area contributed by atoms with Gasteiger partial charge < -0.3 is 10.2 Å². The second-order valence-electron chi connectivity index (χ2n) is 5.44. The van der Waals surface area contributed by atoms with Crippen LogP contribution in [0.1, 0.15) is 33.3 Å². The summed E-state index contributed by atoms with van der Waals surface area (Å²) < 4.78 is 0. The first-order valence-electron chi connectivity index (χ1n) is 5.72. The Morgan fingerprint density at radius 2 is 1.65 bits per heavy atom. The van der Waals surface area contributed by atoms with Gasteiger partial charge in [0, 0.05) is 0 Å². The summed E-state index contributed by atoms with van der Waals surface area (Å²) >= 11 is 0. The molecule has 0 aliphatic carbocycles. The topological polar surface area (TPSA) is 57.5 Å². The number of aliphatic carboxylic acids is 1. The van der Waals surface area contributed by atoms with Crippen LogP contribution in [0, 0.1) is 11.3 Å². The zero-order valence-electron chi connectivity index (χ0n) is 10.8. The molecule has 2 N–H and O–H groups in total. The first-order valence-corrected chi connectivity index (χ1v) is 5.72. The zero-order valence-corrected chi connectivity index (χ0v) is 10.8. The van der Waals surface area contributed by atoms with Crippen LogP contribution in [-0.2, 0) is 10.4 Å². The Kier molecular flexibility index (Phi) is 3.62. The fraction of sp³-hybridized carbons (Fsp3) is 0.500. The quantitative estimate of drug-likeness (QED) is 0.848. The molecule has 1 aromatic carbocycles. The summed E-state index contributed by atoms with van der Waals surface area (Å²) in [5.41, 5.74) is -1.31. The van der Waals surface area contributed by atoms with E-state index in [-0.39, 0.29) is 0 Å². The molecule has 3 nitrogen and oxygen atoms in total. The van der Waals surface area contributed by atoms with Crippen molar-refractivity contribution in [2.24, 2.45) is 11.3 Å². The summed E-state index contributed by atoms with van der Waals surface area (Å²) in [7, 11) is 0. The van der Waals surface area contributed by atoms with Crippen LogP contribution in [0.4, 0.5) is 0 Å². The van der Waals surface area contributed by atoms with Gasteiger partial charge in [0.2, 0.25) is 0 Å². The fourth-order valence-electron chi connectivity index (χ4n) is 2.20. The number of rotatable bonds is 3. The minimum Gasteiger partial charge on any atom is -0.481 e. The third kappa shape index (κ3) is 2.34. The summed E-state index contributed by atoms with van der Waals surface area (Å²) in [6, 6.07) is 8.99. The van der Waals surface area contributed by atoms with E-state index in [1.807, 2.05) is 26.8 Å².